The molecule has 2 heterocycles. The van der Waals surface area contributed by atoms with Crippen LogP contribution in [-0.2, 0) is 4.79 Å². The van der Waals surface area contributed by atoms with Crippen LogP contribution in [0.15, 0.2) is 55.0 Å². The number of ether oxygens (including phenoxy) is 1. The van der Waals surface area contributed by atoms with E-state index in [1.54, 1.807) is 66.5 Å². The van der Waals surface area contributed by atoms with E-state index in [-0.39, 0.29) is 12.3 Å². The Hall–Kier alpha value is -3.35. The van der Waals surface area contributed by atoms with E-state index >= 15 is 0 Å². The minimum atomic E-state index is -0.994. The summed E-state index contributed by atoms with van der Waals surface area (Å²) in [6, 6.07) is 9.69. The number of carboxylic acid groups (broad SMARTS) is 1. The van der Waals surface area contributed by atoms with Gasteiger partial charge in [-0.05, 0) is 29.8 Å². The van der Waals surface area contributed by atoms with Crippen LogP contribution in [0.2, 0.25) is 0 Å². The molecule has 3 aromatic rings. The Bertz CT molecular complexity index is 902. The Morgan fingerprint density at radius 1 is 1.24 bits per heavy atom. The number of fused-ring (bicyclic) bond motifs is 1. The van der Waals surface area contributed by atoms with E-state index in [9.17, 15) is 9.59 Å². The summed E-state index contributed by atoms with van der Waals surface area (Å²) in [5.74, 6) is -0.682. The second kappa shape index (κ2) is 7.04. The molecule has 0 aliphatic rings. The molecular weight excluding hydrogens is 322 g/mol. The summed E-state index contributed by atoms with van der Waals surface area (Å²) < 4.78 is 6.83. The lowest BCUT2D eigenvalue weighted by Crippen LogP contribution is -2.30. The van der Waals surface area contributed by atoms with Gasteiger partial charge in [0.25, 0.3) is 5.91 Å². The maximum absolute atomic E-state index is 12.5. The maximum atomic E-state index is 12.5. The number of hydrogen-bond acceptors (Lipinski definition) is 4. The Morgan fingerprint density at radius 3 is 2.68 bits per heavy atom. The Kier molecular flexibility index (Phi) is 4.65. The molecule has 3 rings (SSSR count). The van der Waals surface area contributed by atoms with Gasteiger partial charge in [0.1, 0.15) is 11.4 Å². The normalized spacial score (nSPS) is 11.9. The molecule has 0 aliphatic carbocycles. The molecule has 7 heteroatoms. The smallest absolute Gasteiger partial charge is 0.305 e. The molecule has 0 spiro atoms. The number of methoxy groups -OCH3 is 1. The van der Waals surface area contributed by atoms with Gasteiger partial charge in [0, 0.05) is 18.6 Å². The number of hydrogen-bond donors (Lipinski definition) is 2. The molecule has 0 fully saturated rings. The van der Waals surface area contributed by atoms with Crippen LogP contribution < -0.4 is 10.1 Å². The van der Waals surface area contributed by atoms with Crippen molar-refractivity contribution in [2.75, 3.05) is 7.11 Å². The highest BCUT2D eigenvalue weighted by atomic mass is 16.5. The average Bonchev–Trinajstić information content (AvgIpc) is 3.08. The van der Waals surface area contributed by atoms with Crippen molar-refractivity contribution in [2.45, 2.75) is 12.5 Å². The lowest BCUT2D eigenvalue weighted by atomic mass is 10.0. The third-order valence-electron chi connectivity index (χ3n) is 3.85. The second-order valence-corrected chi connectivity index (χ2v) is 5.51. The zero-order chi connectivity index (χ0) is 17.8. The third kappa shape index (κ3) is 3.77. The number of imidazole rings is 1. The van der Waals surface area contributed by atoms with Gasteiger partial charge in [-0.3, -0.25) is 9.59 Å². The van der Waals surface area contributed by atoms with Crippen molar-refractivity contribution in [3.8, 4) is 5.75 Å². The predicted octanol–water partition coefficient (Wildman–Crippen LogP) is 2.29. The van der Waals surface area contributed by atoms with Crippen molar-refractivity contribution in [2.24, 2.45) is 0 Å². The van der Waals surface area contributed by atoms with E-state index in [1.165, 1.54) is 0 Å². The highest BCUT2D eigenvalue weighted by Crippen LogP contribution is 2.21. The van der Waals surface area contributed by atoms with Crippen LogP contribution in [-0.4, -0.2) is 33.5 Å². The molecule has 1 amide bonds. The molecule has 1 atom stereocenters. The summed E-state index contributed by atoms with van der Waals surface area (Å²) in [6.45, 7) is 0. The molecule has 2 N–H and O–H groups in total. The van der Waals surface area contributed by atoms with Gasteiger partial charge in [-0.1, -0.05) is 12.1 Å². The molecule has 2 aromatic heterocycles. The Labute approximate surface area is 143 Å². The van der Waals surface area contributed by atoms with Crippen molar-refractivity contribution >= 4 is 17.5 Å². The molecule has 128 valence electrons. The van der Waals surface area contributed by atoms with Crippen molar-refractivity contribution in [3.63, 3.8) is 0 Å². The molecule has 0 unspecified atom stereocenters. The number of carbonyl (C=O) groups is 2. The Balaban J connectivity index is 1.82. The maximum Gasteiger partial charge on any atom is 0.305 e. The molecule has 7 nitrogen and oxygen atoms in total. The molecule has 25 heavy (non-hydrogen) atoms. The lowest BCUT2D eigenvalue weighted by Gasteiger charge is -2.18. The molecule has 0 radical (unpaired) electrons. The van der Waals surface area contributed by atoms with Gasteiger partial charge in [-0.2, -0.15) is 0 Å². The van der Waals surface area contributed by atoms with Crippen LogP contribution in [0.1, 0.15) is 28.4 Å². The topological polar surface area (TPSA) is 92.9 Å². The van der Waals surface area contributed by atoms with Crippen molar-refractivity contribution in [3.05, 3.63) is 66.1 Å². The zero-order valence-corrected chi connectivity index (χ0v) is 13.5. The van der Waals surface area contributed by atoms with Gasteiger partial charge in [-0.15, -0.1) is 0 Å². The van der Waals surface area contributed by atoms with Crippen LogP contribution in [0.3, 0.4) is 0 Å². The fraction of sp³-hybridized carbons (Fsp3) is 0.167. The number of nitrogens with one attached hydrogen (secondary N) is 1. The van der Waals surface area contributed by atoms with E-state index in [2.05, 4.69) is 10.3 Å². The average molecular weight is 339 g/mol. The first-order valence-electron chi connectivity index (χ1n) is 7.66. The highest BCUT2D eigenvalue weighted by Gasteiger charge is 2.19. The van der Waals surface area contributed by atoms with Gasteiger partial charge < -0.3 is 19.6 Å². The molecule has 0 saturated carbocycles. The van der Waals surface area contributed by atoms with Gasteiger partial charge in [-0.25, -0.2) is 4.98 Å². The third-order valence-corrected chi connectivity index (χ3v) is 3.85. The largest absolute Gasteiger partial charge is 0.497 e. The molecular formula is C18H17N3O4. The SMILES string of the molecule is COc1ccc([C@H](CC(=O)O)NC(=O)c2ccc3nccn3c2)cc1. The van der Waals surface area contributed by atoms with Crippen LogP contribution in [0.25, 0.3) is 5.65 Å². The van der Waals surface area contributed by atoms with Gasteiger partial charge in [0.15, 0.2) is 0 Å². The van der Waals surface area contributed by atoms with Crippen molar-refractivity contribution < 1.29 is 19.4 Å². The summed E-state index contributed by atoms with van der Waals surface area (Å²) in [4.78, 5) is 27.8. The van der Waals surface area contributed by atoms with E-state index < -0.39 is 12.0 Å². The second-order valence-electron chi connectivity index (χ2n) is 5.51. The first kappa shape index (κ1) is 16.5. The summed E-state index contributed by atoms with van der Waals surface area (Å²) in [5, 5.41) is 11.9. The number of benzene rings is 1. The minimum Gasteiger partial charge on any atom is -0.497 e. The van der Waals surface area contributed by atoms with E-state index in [4.69, 9.17) is 9.84 Å². The quantitative estimate of drug-likeness (QED) is 0.719. The van der Waals surface area contributed by atoms with E-state index in [0.29, 0.717) is 16.9 Å². The number of aromatic nitrogens is 2. The summed E-state index contributed by atoms with van der Waals surface area (Å²) in [7, 11) is 1.55. The molecule has 0 aliphatic heterocycles. The standard InChI is InChI=1S/C18H17N3O4/c1-25-14-5-2-12(3-6-14)15(10-17(22)23)20-18(24)13-4-7-16-19-8-9-21(16)11-13/h2-9,11,15H,10H2,1H3,(H,20,24)(H,22,23)/t15-/m0/s1. The Morgan fingerprint density at radius 2 is 2.00 bits per heavy atom. The predicted molar refractivity (Wildman–Crippen MR) is 90.6 cm³/mol. The van der Waals surface area contributed by atoms with Gasteiger partial charge >= 0.3 is 5.97 Å². The van der Waals surface area contributed by atoms with Crippen molar-refractivity contribution in [1.29, 1.82) is 0 Å². The summed E-state index contributed by atoms with van der Waals surface area (Å²) in [6.07, 6.45) is 4.82. The molecule has 0 bridgehead atoms. The number of pyridine rings is 1. The van der Waals surface area contributed by atoms with Crippen LogP contribution >= 0.6 is 0 Å². The van der Waals surface area contributed by atoms with Crippen LogP contribution in [0.4, 0.5) is 0 Å². The van der Waals surface area contributed by atoms with Crippen LogP contribution in [0, 0.1) is 0 Å². The first-order chi connectivity index (χ1) is 12.1. The summed E-state index contributed by atoms with van der Waals surface area (Å²) >= 11 is 0. The number of carboxylic acids is 1. The van der Waals surface area contributed by atoms with Gasteiger partial charge in [0.2, 0.25) is 0 Å². The first-order valence-corrected chi connectivity index (χ1v) is 7.66. The number of rotatable bonds is 6. The number of nitrogens with zero attached hydrogens (tertiary/aromatic N) is 2. The van der Waals surface area contributed by atoms with Crippen molar-refractivity contribution in [1.82, 2.24) is 14.7 Å². The monoisotopic (exact) mass is 339 g/mol. The molecule has 0 saturated heterocycles. The molecule has 1 aromatic carbocycles. The fourth-order valence-corrected chi connectivity index (χ4v) is 2.56. The van der Waals surface area contributed by atoms with Gasteiger partial charge in [0.05, 0.1) is 25.1 Å². The van der Waals surface area contributed by atoms with E-state index in [1.807, 2.05) is 0 Å². The van der Waals surface area contributed by atoms with Crippen LogP contribution in [0.5, 0.6) is 5.75 Å². The summed E-state index contributed by atoms with van der Waals surface area (Å²) in [5.41, 5.74) is 1.85. The van der Waals surface area contributed by atoms with E-state index in [0.717, 1.165) is 5.65 Å². The zero-order valence-electron chi connectivity index (χ0n) is 13.5. The lowest BCUT2D eigenvalue weighted by molar-refractivity contribution is -0.137. The highest BCUT2D eigenvalue weighted by molar-refractivity contribution is 5.94. The fourth-order valence-electron chi connectivity index (χ4n) is 2.56. The number of carbonyl (C=O) groups excluding carboxylic acids is 1. The number of amides is 1. The minimum absolute atomic E-state index is 0.217. The number of aliphatic carboxylic acids is 1.